The molecule has 1 saturated carbocycles. The normalized spacial score (nSPS) is 16.1. The number of benzene rings is 1. The number of rotatable bonds is 8. The number of aryl methyl sites for hydroxylation is 1. The van der Waals surface area contributed by atoms with Crippen molar-refractivity contribution in [1.29, 1.82) is 0 Å². The first-order valence-corrected chi connectivity index (χ1v) is 15.4. The smallest absolute Gasteiger partial charge is 0.306 e. The van der Waals surface area contributed by atoms with Crippen LogP contribution in [0.5, 0.6) is 0 Å². The fourth-order valence-corrected chi connectivity index (χ4v) is 6.44. The van der Waals surface area contributed by atoms with Crippen molar-refractivity contribution in [1.82, 2.24) is 14.8 Å². The SMILES string of the molecule is CCN(C(=O)Cn1c(C(=O)NC2CCCCC2)cc2sccc21)c1cccc(C)c1.O=CN1CCC(C(=O)O)CC1. The highest BCUT2D eigenvalue weighted by molar-refractivity contribution is 7.17. The zero-order valence-corrected chi connectivity index (χ0v) is 24.7. The molecule has 0 atom stereocenters. The number of nitrogens with one attached hydrogen (secondary N) is 1. The Kier molecular flexibility index (Phi) is 10.6. The van der Waals surface area contributed by atoms with Crippen LogP contribution in [0.2, 0.25) is 0 Å². The number of thiophene rings is 1. The second-order valence-corrected chi connectivity index (χ2v) is 11.8. The van der Waals surface area contributed by atoms with Crippen LogP contribution in [0.25, 0.3) is 10.2 Å². The summed E-state index contributed by atoms with van der Waals surface area (Å²) in [5.41, 5.74) is 3.54. The topological polar surface area (TPSA) is 112 Å². The molecule has 3 heterocycles. The molecule has 2 N–H and O–H groups in total. The van der Waals surface area contributed by atoms with Gasteiger partial charge in [0, 0.05) is 31.4 Å². The van der Waals surface area contributed by atoms with Crippen LogP contribution in [0.15, 0.2) is 41.8 Å². The number of carbonyl (C=O) groups excluding carboxylic acids is 3. The van der Waals surface area contributed by atoms with Crippen LogP contribution in [0.1, 0.15) is 67.9 Å². The summed E-state index contributed by atoms with van der Waals surface area (Å²) in [5.74, 6) is -1.07. The average molecular weight is 581 g/mol. The molecule has 2 fully saturated rings. The number of likely N-dealkylation sites (N-methyl/N-ethyl adjacent to an activating group) is 1. The van der Waals surface area contributed by atoms with E-state index in [-0.39, 0.29) is 30.3 Å². The maximum Gasteiger partial charge on any atom is 0.306 e. The molecule has 9 nitrogen and oxygen atoms in total. The molecule has 0 bridgehead atoms. The number of nitrogens with zero attached hydrogens (tertiary/aromatic N) is 3. The second-order valence-electron chi connectivity index (χ2n) is 10.8. The number of aliphatic carboxylic acids is 1. The summed E-state index contributed by atoms with van der Waals surface area (Å²) in [5, 5.41) is 13.8. The van der Waals surface area contributed by atoms with Gasteiger partial charge < -0.3 is 24.8 Å². The number of fused-ring (bicyclic) bond motifs is 1. The van der Waals surface area contributed by atoms with Gasteiger partial charge in [0.25, 0.3) is 5.91 Å². The molecule has 3 aromatic rings. The zero-order valence-electron chi connectivity index (χ0n) is 23.9. The van der Waals surface area contributed by atoms with E-state index < -0.39 is 5.97 Å². The van der Waals surface area contributed by atoms with E-state index in [1.807, 2.05) is 60.2 Å². The Morgan fingerprint density at radius 3 is 2.44 bits per heavy atom. The van der Waals surface area contributed by atoms with Crippen molar-refractivity contribution in [2.24, 2.45) is 5.92 Å². The molecule has 1 aliphatic carbocycles. The molecule has 220 valence electrons. The summed E-state index contributed by atoms with van der Waals surface area (Å²) in [4.78, 5) is 50.4. The zero-order chi connectivity index (χ0) is 29.4. The molecule has 41 heavy (non-hydrogen) atoms. The molecule has 5 rings (SSSR count). The molecule has 0 radical (unpaired) electrons. The van der Waals surface area contributed by atoms with Crippen molar-refractivity contribution in [3.8, 4) is 0 Å². The van der Waals surface area contributed by atoms with Gasteiger partial charge in [-0.15, -0.1) is 11.3 Å². The van der Waals surface area contributed by atoms with Crippen LogP contribution >= 0.6 is 11.3 Å². The second kappa shape index (κ2) is 14.3. The number of hydrogen-bond donors (Lipinski definition) is 2. The summed E-state index contributed by atoms with van der Waals surface area (Å²) in [7, 11) is 0. The van der Waals surface area contributed by atoms with Crippen molar-refractivity contribution in [2.75, 3.05) is 24.5 Å². The Balaban J connectivity index is 0.000000296. The van der Waals surface area contributed by atoms with E-state index in [9.17, 15) is 19.2 Å². The molecule has 1 aromatic carbocycles. The van der Waals surface area contributed by atoms with Gasteiger partial charge in [-0.05, 0) is 74.7 Å². The quantitative estimate of drug-likeness (QED) is 0.362. The van der Waals surface area contributed by atoms with Gasteiger partial charge >= 0.3 is 5.97 Å². The summed E-state index contributed by atoms with van der Waals surface area (Å²) < 4.78 is 2.92. The number of likely N-dealkylation sites (tertiary alicyclic amines) is 1. The predicted molar refractivity (Wildman–Crippen MR) is 161 cm³/mol. The first kappa shape index (κ1) is 30.3. The van der Waals surface area contributed by atoms with Crippen molar-refractivity contribution in [3.63, 3.8) is 0 Å². The average Bonchev–Trinajstić information content (AvgIpc) is 3.57. The molecule has 0 unspecified atom stereocenters. The number of aromatic nitrogens is 1. The number of hydrogen-bond acceptors (Lipinski definition) is 5. The Bertz CT molecular complexity index is 1350. The number of carboxylic acids is 1. The van der Waals surface area contributed by atoms with Crippen molar-refractivity contribution < 1.29 is 24.3 Å². The Hall–Kier alpha value is -3.66. The van der Waals surface area contributed by atoms with Gasteiger partial charge in [-0.25, -0.2) is 0 Å². The lowest BCUT2D eigenvalue weighted by Crippen LogP contribution is -2.38. The fourth-order valence-electron chi connectivity index (χ4n) is 5.61. The van der Waals surface area contributed by atoms with Crippen LogP contribution in [-0.4, -0.2) is 64.4 Å². The van der Waals surface area contributed by atoms with Gasteiger partial charge in [0.05, 0.1) is 16.1 Å². The van der Waals surface area contributed by atoms with Gasteiger partial charge in [0.15, 0.2) is 0 Å². The highest BCUT2D eigenvalue weighted by atomic mass is 32.1. The monoisotopic (exact) mass is 580 g/mol. The lowest BCUT2D eigenvalue weighted by atomic mass is 9.95. The highest BCUT2D eigenvalue weighted by Gasteiger charge is 2.24. The van der Waals surface area contributed by atoms with Gasteiger partial charge in [-0.2, -0.15) is 0 Å². The van der Waals surface area contributed by atoms with E-state index >= 15 is 0 Å². The third kappa shape index (κ3) is 7.75. The standard InChI is InChI=1S/C24H29N3O2S.C7H11NO3/c1-3-26(19-11-7-8-17(2)14-19)23(28)16-27-20-12-13-30-22(20)15-21(27)24(29)25-18-9-5-4-6-10-18;9-5-8-3-1-6(2-4-8)7(10)11/h7-8,11-15,18H,3-6,9-10,16H2,1-2H3,(H,25,29);5-6H,1-4H2,(H,10,11). The molecular weight excluding hydrogens is 540 g/mol. The lowest BCUT2D eigenvalue weighted by Gasteiger charge is -2.26. The van der Waals surface area contributed by atoms with E-state index in [1.165, 1.54) is 19.3 Å². The molecule has 2 aliphatic rings. The van der Waals surface area contributed by atoms with Crippen molar-refractivity contribution in [2.45, 2.75) is 71.4 Å². The molecule has 0 spiro atoms. The Labute approximate surface area is 245 Å². The maximum absolute atomic E-state index is 13.3. The van der Waals surface area contributed by atoms with Crippen LogP contribution < -0.4 is 10.2 Å². The largest absolute Gasteiger partial charge is 0.481 e. The van der Waals surface area contributed by atoms with Gasteiger partial charge in [-0.3, -0.25) is 19.2 Å². The first-order chi connectivity index (χ1) is 19.8. The Morgan fingerprint density at radius 1 is 1.07 bits per heavy atom. The molecule has 1 aliphatic heterocycles. The molecule has 2 aromatic heterocycles. The fraction of sp³-hybridized carbons (Fsp3) is 0.484. The van der Waals surface area contributed by atoms with Crippen molar-refractivity contribution >= 4 is 51.4 Å². The third-order valence-corrected chi connectivity index (χ3v) is 8.80. The number of amides is 3. The van der Waals surface area contributed by atoms with Gasteiger partial charge in [0.1, 0.15) is 12.2 Å². The number of piperidine rings is 1. The summed E-state index contributed by atoms with van der Waals surface area (Å²) in [6.07, 6.45) is 7.62. The minimum Gasteiger partial charge on any atom is -0.481 e. The number of anilines is 1. The van der Waals surface area contributed by atoms with E-state index in [0.717, 1.165) is 40.7 Å². The highest BCUT2D eigenvalue weighted by Crippen LogP contribution is 2.27. The molecule has 3 amide bonds. The molecule has 10 heteroatoms. The van der Waals surface area contributed by atoms with E-state index in [4.69, 9.17) is 5.11 Å². The predicted octanol–water partition coefficient (Wildman–Crippen LogP) is 5.07. The van der Waals surface area contributed by atoms with Gasteiger partial charge in [-0.1, -0.05) is 31.4 Å². The number of carboxylic acid groups (broad SMARTS) is 1. The van der Waals surface area contributed by atoms with E-state index in [0.29, 0.717) is 38.2 Å². The third-order valence-electron chi connectivity index (χ3n) is 7.95. The molecule has 1 saturated heterocycles. The van der Waals surface area contributed by atoms with Crippen LogP contribution in [0.4, 0.5) is 5.69 Å². The minimum absolute atomic E-state index is 0.0153. The van der Waals surface area contributed by atoms with Crippen LogP contribution in [0, 0.1) is 12.8 Å². The van der Waals surface area contributed by atoms with Crippen molar-refractivity contribution in [3.05, 3.63) is 53.0 Å². The lowest BCUT2D eigenvalue weighted by molar-refractivity contribution is -0.144. The summed E-state index contributed by atoms with van der Waals surface area (Å²) in [6, 6.07) is 12.1. The van der Waals surface area contributed by atoms with E-state index in [2.05, 4.69) is 5.32 Å². The number of carbonyl (C=O) groups is 4. The minimum atomic E-state index is -0.740. The van der Waals surface area contributed by atoms with Crippen LogP contribution in [-0.2, 0) is 20.9 Å². The van der Waals surface area contributed by atoms with Gasteiger partial charge in [0.2, 0.25) is 12.3 Å². The summed E-state index contributed by atoms with van der Waals surface area (Å²) in [6.45, 7) is 5.90. The molecular formula is C31H40N4O5S. The first-order valence-electron chi connectivity index (χ1n) is 14.5. The Morgan fingerprint density at radius 2 is 1.80 bits per heavy atom. The summed E-state index contributed by atoms with van der Waals surface area (Å²) >= 11 is 1.60. The van der Waals surface area contributed by atoms with Crippen LogP contribution in [0.3, 0.4) is 0 Å². The van der Waals surface area contributed by atoms with E-state index in [1.54, 1.807) is 21.1 Å². The maximum atomic E-state index is 13.3.